The van der Waals surface area contributed by atoms with E-state index in [4.69, 9.17) is 4.74 Å². The molecule has 3 aromatic carbocycles. The standard InChI is InChI=1S/C32H36FNO8/c1-17-2-9-21(10-3-17)34-28(23(32(34)41)12-13-24(36)19-5-7-20(33)8-6-19)22-11-4-18(14-25(22)37)15-26-29(38)31(40)30(39)27(16-35)42-26/h2-11,14,23-24,26-31,35-40H,12-13,15-16H2,1H3/t23-,24+,26+,27-,28-,29+,30-,31-/m1/s1. The molecular weight excluding hydrogens is 545 g/mol. The van der Waals surface area contributed by atoms with Gasteiger partial charge in [0.05, 0.1) is 30.8 Å². The molecule has 6 N–H and O–H groups in total. The number of rotatable bonds is 9. The van der Waals surface area contributed by atoms with Crippen molar-refractivity contribution in [3.63, 3.8) is 0 Å². The number of amides is 1. The fourth-order valence-corrected chi connectivity index (χ4v) is 5.91. The number of aromatic hydroxyl groups is 1. The molecule has 2 heterocycles. The molecule has 5 rings (SSSR count). The third-order valence-corrected chi connectivity index (χ3v) is 8.37. The van der Waals surface area contributed by atoms with Gasteiger partial charge in [-0.2, -0.15) is 0 Å². The molecule has 2 fully saturated rings. The van der Waals surface area contributed by atoms with Crippen molar-refractivity contribution in [2.75, 3.05) is 11.5 Å². The van der Waals surface area contributed by atoms with Crippen LogP contribution >= 0.6 is 0 Å². The number of β-lactam (4-membered cyclic amide) rings is 1. The van der Waals surface area contributed by atoms with Crippen molar-refractivity contribution in [2.24, 2.45) is 5.92 Å². The molecule has 0 spiro atoms. The van der Waals surface area contributed by atoms with E-state index in [9.17, 15) is 39.8 Å². The van der Waals surface area contributed by atoms with Crippen LogP contribution in [-0.2, 0) is 16.0 Å². The first kappa shape index (κ1) is 30.1. The van der Waals surface area contributed by atoms with E-state index in [1.165, 1.54) is 30.3 Å². The molecule has 2 saturated heterocycles. The maximum Gasteiger partial charge on any atom is 0.233 e. The Balaban J connectivity index is 1.37. The van der Waals surface area contributed by atoms with Crippen molar-refractivity contribution in [1.29, 1.82) is 0 Å². The van der Waals surface area contributed by atoms with E-state index in [0.29, 0.717) is 28.8 Å². The monoisotopic (exact) mass is 581 g/mol. The highest BCUT2D eigenvalue weighted by atomic mass is 19.1. The number of benzene rings is 3. The van der Waals surface area contributed by atoms with E-state index in [2.05, 4.69) is 0 Å². The van der Waals surface area contributed by atoms with Gasteiger partial charge in [0.15, 0.2) is 0 Å². The van der Waals surface area contributed by atoms with Gasteiger partial charge in [0, 0.05) is 17.7 Å². The first-order valence-electron chi connectivity index (χ1n) is 14.0. The van der Waals surface area contributed by atoms with Gasteiger partial charge in [0.2, 0.25) is 5.91 Å². The number of carbonyl (C=O) groups is 1. The molecule has 0 aliphatic carbocycles. The summed E-state index contributed by atoms with van der Waals surface area (Å²) in [6.07, 6.45) is -6.52. The van der Waals surface area contributed by atoms with Gasteiger partial charge in [0.1, 0.15) is 36.0 Å². The Bertz CT molecular complexity index is 1380. The highest BCUT2D eigenvalue weighted by Crippen LogP contribution is 2.48. The Morgan fingerprint density at radius 3 is 2.24 bits per heavy atom. The number of hydrogen-bond acceptors (Lipinski definition) is 8. The number of aliphatic hydroxyl groups excluding tert-OH is 5. The van der Waals surface area contributed by atoms with Crippen molar-refractivity contribution < 1.29 is 44.6 Å². The fourth-order valence-electron chi connectivity index (χ4n) is 5.91. The predicted octanol–water partition coefficient (Wildman–Crippen LogP) is 2.44. The summed E-state index contributed by atoms with van der Waals surface area (Å²) in [4.78, 5) is 15.0. The molecule has 9 nitrogen and oxygen atoms in total. The highest BCUT2D eigenvalue weighted by Gasteiger charge is 2.49. The first-order valence-corrected chi connectivity index (χ1v) is 14.0. The summed E-state index contributed by atoms with van der Waals surface area (Å²) in [5, 5.41) is 61.9. The number of carbonyl (C=O) groups excluding carboxylic acids is 1. The molecule has 1 amide bonds. The van der Waals surface area contributed by atoms with Crippen molar-refractivity contribution in [1.82, 2.24) is 0 Å². The van der Waals surface area contributed by atoms with Crippen LogP contribution in [0.2, 0.25) is 0 Å². The van der Waals surface area contributed by atoms with E-state index in [-0.39, 0.29) is 24.5 Å². The molecule has 10 heteroatoms. The second-order valence-electron chi connectivity index (χ2n) is 11.2. The van der Waals surface area contributed by atoms with Crippen LogP contribution < -0.4 is 4.90 Å². The smallest absolute Gasteiger partial charge is 0.233 e. The minimum atomic E-state index is -1.50. The third-order valence-electron chi connectivity index (χ3n) is 8.37. The molecule has 2 aliphatic rings. The summed E-state index contributed by atoms with van der Waals surface area (Å²) < 4.78 is 18.9. The number of nitrogens with zero attached hydrogens (tertiary/aromatic N) is 1. The van der Waals surface area contributed by atoms with Gasteiger partial charge >= 0.3 is 0 Å². The number of phenols is 1. The maximum atomic E-state index is 13.4. The average Bonchev–Trinajstić information content (AvgIpc) is 2.98. The quantitative estimate of drug-likeness (QED) is 0.211. The van der Waals surface area contributed by atoms with Crippen LogP contribution in [0, 0.1) is 18.7 Å². The summed E-state index contributed by atoms with van der Waals surface area (Å²) in [7, 11) is 0. The second kappa shape index (κ2) is 12.5. The van der Waals surface area contributed by atoms with Crippen LogP contribution in [0.3, 0.4) is 0 Å². The summed E-state index contributed by atoms with van der Waals surface area (Å²) in [5.41, 5.74) is 3.35. The molecule has 42 heavy (non-hydrogen) atoms. The zero-order valence-electron chi connectivity index (χ0n) is 23.1. The van der Waals surface area contributed by atoms with Crippen LogP contribution in [-0.4, -0.2) is 73.7 Å². The van der Waals surface area contributed by atoms with Crippen molar-refractivity contribution in [2.45, 2.75) is 68.9 Å². The fraction of sp³-hybridized carbons (Fsp3) is 0.406. The molecular formula is C32H36FNO8. The van der Waals surface area contributed by atoms with Gasteiger partial charge in [0.25, 0.3) is 0 Å². The van der Waals surface area contributed by atoms with Gasteiger partial charge in [-0.3, -0.25) is 4.79 Å². The lowest BCUT2D eigenvalue weighted by Gasteiger charge is -2.48. The van der Waals surface area contributed by atoms with Crippen molar-refractivity contribution in [3.8, 4) is 5.75 Å². The zero-order chi connectivity index (χ0) is 30.1. The van der Waals surface area contributed by atoms with E-state index in [0.717, 1.165) is 5.56 Å². The van der Waals surface area contributed by atoms with E-state index < -0.39 is 61.0 Å². The molecule has 8 atom stereocenters. The van der Waals surface area contributed by atoms with Crippen molar-refractivity contribution >= 4 is 11.6 Å². The van der Waals surface area contributed by atoms with E-state index in [1.807, 2.05) is 31.2 Å². The first-order chi connectivity index (χ1) is 20.1. The molecule has 224 valence electrons. The number of anilines is 1. The van der Waals surface area contributed by atoms with Crippen molar-refractivity contribution in [3.05, 3.63) is 94.8 Å². The lowest BCUT2D eigenvalue weighted by Crippen LogP contribution is -2.59. The summed E-state index contributed by atoms with van der Waals surface area (Å²) >= 11 is 0. The summed E-state index contributed by atoms with van der Waals surface area (Å²) in [6, 6.07) is 17.5. The Morgan fingerprint density at radius 1 is 0.929 bits per heavy atom. The highest BCUT2D eigenvalue weighted by molar-refractivity contribution is 6.03. The maximum absolute atomic E-state index is 13.4. The summed E-state index contributed by atoms with van der Waals surface area (Å²) in [6.45, 7) is 1.41. The Labute approximate surface area is 243 Å². The molecule has 0 saturated carbocycles. The van der Waals surface area contributed by atoms with Crippen LogP contribution in [0.1, 0.15) is 47.2 Å². The SMILES string of the molecule is Cc1ccc(N2C(=O)[C@H](CC[C@H](O)c3ccc(F)cc3)[C@H]2c2ccc(C[C@@H]3O[C@H](CO)[C@@H](O)[C@H](O)[C@H]3O)cc2O)cc1. The Kier molecular flexibility index (Phi) is 8.93. The average molecular weight is 582 g/mol. The Hall–Kier alpha value is -3.38. The van der Waals surface area contributed by atoms with Gasteiger partial charge in [-0.1, -0.05) is 42.0 Å². The minimum absolute atomic E-state index is 0.0733. The number of aliphatic hydroxyl groups is 5. The van der Waals surface area contributed by atoms with Gasteiger partial charge < -0.3 is 40.3 Å². The number of ether oxygens (including phenoxy) is 1. The second-order valence-corrected chi connectivity index (χ2v) is 11.2. The van der Waals surface area contributed by atoms with Crippen LogP contribution in [0.5, 0.6) is 5.75 Å². The third kappa shape index (κ3) is 5.92. The minimum Gasteiger partial charge on any atom is -0.508 e. The lowest BCUT2D eigenvalue weighted by atomic mass is 9.77. The normalized spacial score (nSPS) is 28.4. The molecule has 0 bridgehead atoms. The molecule has 3 aromatic rings. The van der Waals surface area contributed by atoms with Gasteiger partial charge in [-0.05, 0) is 61.2 Å². The van der Waals surface area contributed by atoms with Crippen LogP contribution in [0.4, 0.5) is 10.1 Å². The van der Waals surface area contributed by atoms with E-state index >= 15 is 0 Å². The predicted molar refractivity (Wildman–Crippen MR) is 151 cm³/mol. The largest absolute Gasteiger partial charge is 0.508 e. The summed E-state index contributed by atoms with van der Waals surface area (Å²) in [5.74, 6) is -1.14. The van der Waals surface area contributed by atoms with Gasteiger partial charge in [-0.25, -0.2) is 4.39 Å². The lowest BCUT2D eigenvalue weighted by molar-refractivity contribution is -0.228. The molecule has 0 unspecified atom stereocenters. The number of hydrogen-bond donors (Lipinski definition) is 6. The van der Waals surface area contributed by atoms with Crippen LogP contribution in [0.25, 0.3) is 0 Å². The number of halogens is 1. The van der Waals surface area contributed by atoms with E-state index in [1.54, 1.807) is 17.0 Å². The van der Waals surface area contributed by atoms with Gasteiger partial charge in [-0.15, -0.1) is 0 Å². The molecule has 0 aromatic heterocycles. The molecule has 0 radical (unpaired) electrons. The molecule has 2 aliphatic heterocycles. The van der Waals surface area contributed by atoms with Crippen LogP contribution in [0.15, 0.2) is 66.7 Å². The Morgan fingerprint density at radius 2 is 1.60 bits per heavy atom. The number of phenolic OH excluding ortho intramolecular Hbond substituents is 1. The topological polar surface area (TPSA) is 151 Å². The number of aryl methyl sites for hydroxylation is 1. The zero-order valence-corrected chi connectivity index (χ0v) is 23.1.